The Morgan fingerprint density at radius 2 is 1.93 bits per heavy atom. The first-order valence-electron chi connectivity index (χ1n) is 10.5. The zero-order valence-corrected chi connectivity index (χ0v) is 17.3. The van der Waals surface area contributed by atoms with Crippen LogP contribution in [0.4, 0.5) is 0 Å². The number of aromatic carboxylic acids is 1. The Balaban J connectivity index is 1.39. The Morgan fingerprint density at radius 3 is 2.70 bits per heavy atom. The normalized spacial score (nSPS) is 15.4. The number of ether oxygens (including phenoxy) is 2. The number of hydrogen-bond acceptors (Lipinski definition) is 4. The average Bonchev–Trinajstić information content (AvgIpc) is 3.25. The molecule has 0 unspecified atom stereocenters. The summed E-state index contributed by atoms with van der Waals surface area (Å²) in [7, 11) is 1.84. The number of nitrogens with zero attached hydrogens (tertiary/aromatic N) is 1. The number of rotatable bonds is 8. The maximum absolute atomic E-state index is 11.1. The Kier molecular flexibility index (Phi) is 6.00. The molecule has 30 heavy (non-hydrogen) atoms. The number of benzene rings is 2. The van der Waals surface area contributed by atoms with Crippen molar-refractivity contribution in [2.45, 2.75) is 50.7 Å². The van der Waals surface area contributed by atoms with Gasteiger partial charge >= 0.3 is 5.97 Å². The number of carbonyl (C=O) groups is 1. The molecule has 0 radical (unpaired) electrons. The minimum absolute atomic E-state index is 0.0480. The predicted octanol–water partition coefficient (Wildman–Crippen LogP) is 5.40. The maximum Gasteiger partial charge on any atom is 0.335 e. The first-order chi connectivity index (χ1) is 14.6. The molecule has 0 bridgehead atoms. The largest absolute Gasteiger partial charge is 0.487 e. The molecule has 2 aromatic carbocycles. The van der Waals surface area contributed by atoms with Crippen LogP contribution >= 0.6 is 0 Å². The second kappa shape index (κ2) is 8.84. The summed E-state index contributed by atoms with van der Waals surface area (Å²) in [5, 5.41) is 9.92. The number of carboxylic acid groups (broad SMARTS) is 1. The Bertz CT molecular complexity index is 1040. The summed E-state index contributed by atoms with van der Waals surface area (Å²) in [6.07, 6.45) is 6.84. The minimum atomic E-state index is -0.937. The Hall–Kier alpha value is -2.92. The van der Waals surface area contributed by atoms with E-state index in [2.05, 4.69) is 17.1 Å². The molecule has 0 aliphatic heterocycles. The Labute approximate surface area is 176 Å². The number of fused-ring (bicyclic) bond motifs is 1. The monoisotopic (exact) mass is 405 g/mol. The number of methoxy groups -OCH3 is 1. The van der Waals surface area contributed by atoms with Crippen LogP contribution in [-0.4, -0.2) is 28.8 Å². The first kappa shape index (κ1) is 20.4. The van der Waals surface area contributed by atoms with E-state index in [-0.39, 0.29) is 11.2 Å². The van der Waals surface area contributed by atoms with Crippen molar-refractivity contribution in [3.63, 3.8) is 0 Å². The van der Waals surface area contributed by atoms with Crippen molar-refractivity contribution in [1.82, 2.24) is 4.98 Å². The quantitative estimate of drug-likeness (QED) is 0.543. The van der Waals surface area contributed by atoms with Gasteiger partial charge in [0.1, 0.15) is 12.4 Å². The van der Waals surface area contributed by atoms with Crippen molar-refractivity contribution in [2.75, 3.05) is 7.11 Å². The highest BCUT2D eigenvalue weighted by atomic mass is 16.5. The number of aryl methyl sites for hydroxylation is 1. The summed E-state index contributed by atoms with van der Waals surface area (Å²) in [5.74, 6) is -0.109. The molecule has 3 aromatic rings. The lowest BCUT2D eigenvalue weighted by atomic mass is 9.93. The van der Waals surface area contributed by atoms with Crippen LogP contribution in [0.1, 0.15) is 53.7 Å². The molecule has 156 valence electrons. The van der Waals surface area contributed by atoms with E-state index in [4.69, 9.17) is 14.6 Å². The van der Waals surface area contributed by atoms with Crippen molar-refractivity contribution < 1.29 is 19.4 Å². The van der Waals surface area contributed by atoms with Crippen LogP contribution in [0.2, 0.25) is 0 Å². The van der Waals surface area contributed by atoms with Gasteiger partial charge in [-0.1, -0.05) is 31.0 Å². The van der Waals surface area contributed by atoms with Gasteiger partial charge in [0.05, 0.1) is 22.4 Å². The van der Waals surface area contributed by atoms with E-state index in [1.54, 1.807) is 18.2 Å². The van der Waals surface area contributed by atoms with Gasteiger partial charge in [0.2, 0.25) is 0 Å². The van der Waals surface area contributed by atoms with Gasteiger partial charge in [-0.3, -0.25) is 0 Å². The number of aromatic nitrogens is 1. The van der Waals surface area contributed by atoms with Crippen LogP contribution in [0.15, 0.2) is 54.6 Å². The highest BCUT2D eigenvalue weighted by Crippen LogP contribution is 2.36. The standard InChI is InChI=1S/C25H27NO4/c1-29-25(12-2-3-13-25)14-11-18-5-4-6-22(15-18)30-17-21-9-7-19-16-20(24(27)28)8-10-23(19)26-21/h4-10,15-16H,2-3,11-14,17H2,1H3,(H,27,28). The highest BCUT2D eigenvalue weighted by Gasteiger charge is 2.33. The van der Waals surface area contributed by atoms with Gasteiger partial charge in [0, 0.05) is 12.5 Å². The minimum Gasteiger partial charge on any atom is -0.487 e. The van der Waals surface area contributed by atoms with Crippen LogP contribution in [0.25, 0.3) is 10.9 Å². The molecule has 1 fully saturated rings. The molecule has 1 aliphatic carbocycles. The number of carboxylic acids is 1. The van der Waals surface area contributed by atoms with Gasteiger partial charge in [0.25, 0.3) is 0 Å². The van der Waals surface area contributed by atoms with E-state index in [0.29, 0.717) is 6.61 Å². The molecule has 1 saturated carbocycles. The lowest BCUT2D eigenvalue weighted by Crippen LogP contribution is -2.27. The van der Waals surface area contributed by atoms with E-state index < -0.39 is 5.97 Å². The molecule has 1 aromatic heterocycles. The summed E-state index contributed by atoms with van der Waals surface area (Å²) in [6.45, 7) is 0.363. The summed E-state index contributed by atoms with van der Waals surface area (Å²) >= 11 is 0. The molecular weight excluding hydrogens is 378 g/mol. The smallest absolute Gasteiger partial charge is 0.335 e. The molecule has 5 nitrogen and oxygen atoms in total. The fraction of sp³-hybridized carbons (Fsp3) is 0.360. The third-order valence-electron chi connectivity index (χ3n) is 6.10. The van der Waals surface area contributed by atoms with Crippen LogP contribution in [0.3, 0.4) is 0 Å². The predicted molar refractivity (Wildman–Crippen MR) is 116 cm³/mol. The van der Waals surface area contributed by atoms with Crippen molar-refractivity contribution >= 4 is 16.9 Å². The van der Waals surface area contributed by atoms with Crippen LogP contribution in [-0.2, 0) is 17.8 Å². The first-order valence-corrected chi connectivity index (χ1v) is 10.5. The van der Waals surface area contributed by atoms with Crippen molar-refractivity contribution in [3.05, 3.63) is 71.4 Å². The van der Waals surface area contributed by atoms with Gasteiger partial charge in [-0.15, -0.1) is 0 Å². The third kappa shape index (κ3) is 4.62. The SMILES string of the molecule is COC1(CCc2cccc(OCc3ccc4cc(C(=O)O)ccc4n3)c2)CCCC1. The zero-order chi connectivity index (χ0) is 21.0. The van der Waals surface area contributed by atoms with Crippen molar-refractivity contribution in [3.8, 4) is 5.75 Å². The summed E-state index contributed by atoms with van der Waals surface area (Å²) in [6, 6.07) is 16.9. The molecule has 1 heterocycles. The molecule has 4 rings (SSSR count). The summed E-state index contributed by atoms with van der Waals surface area (Å²) in [5.41, 5.74) is 3.13. The lowest BCUT2D eigenvalue weighted by molar-refractivity contribution is -0.0109. The molecule has 5 heteroatoms. The van der Waals surface area contributed by atoms with Crippen molar-refractivity contribution in [2.24, 2.45) is 0 Å². The van der Waals surface area contributed by atoms with E-state index in [1.807, 2.05) is 31.4 Å². The Morgan fingerprint density at radius 1 is 1.10 bits per heavy atom. The van der Waals surface area contributed by atoms with Gasteiger partial charge in [-0.2, -0.15) is 0 Å². The maximum atomic E-state index is 11.1. The molecule has 0 atom stereocenters. The topological polar surface area (TPSA) is 68.7 Å². The van der Waals surface area contributed by atoms with Gasteiger partial charge in [-0.05, 0) is 67.6 Å². The van der Waals surface area contributed by atoms with Crippen LogP contribution < -0.4 is 4.74 Å². The fourth-order valence-electron chi connectivity index (χ4n) is 4.28. The van der Waals surface area contributed by atoms with E-state index in [9.17, 15) is 4.79 Å². The second-order valence-electron chi connectivity index (χ2n) is 8.05. The highest BCUT2D eigenvalue weighted by molar-refractivity contribution is 5.93. The second-order valence-corrected chi connectivity index (χ2v) is 8.05. The van der Waals surface area contributed by atoms with Gasteiger partial charge in [-0.25, -0.2) is 9.78 Å². The summed E-state index contributed by atoms with van der Waals surface area (Å²) < 4.78 is 11.8. The number of pyridine rings is 1. The third-order valence-corrected chi connectivity index (χ3v) is 6.10. The molecule has 0 amide bonds. The van der Waals surface area contributed by atoms with Crippen LogP contribution in [0.5, 0.6) is 5.75 Å². The van der Waals surface area contributed by atoms with E-state index in [0.717, 1.165) is 48.0 Å². The van der Waals surface area contributed by atoms with Crippen LogP contribution in [0, 0.1) is 0 Å². The molecular formula is C25H27NO4. The number of hydrogen-bond donors (Lipinski definition) is 1. The van der Waals surface area contributed by atoms with Crippen molar-refractivity contribution in [1.29, 1.82) is 0 Å². The molecule has 0 spiro atoms. The van der Waals surface area contributed by atoms with E-state index >= 15 is 0 Å². The van der Waals surface area contributed by atoms with E-state index in [1.165, 1.54) is 18.4 Å². The molecule has 0 saturated heterocycles. The van der Waals surface area contributed by atoms with Gasteiger partial charge < -0.3 is 14.6 Å². The molecule has 1 aliphatic rings. The fourth-order valence-corrected chi connectivity index (χ4v) is 4.28. The molecule has 1 N–H and O–H groups in total. The van der Waals surface area contributed by atoms with Gasteiger partial charge in [0.15, 0.2) is 0 Å². The zero-order valence-electron chi connectivity index (χ0n) is 17.3. The lowest BCUT2D eigenvalue weighted by Gasteiger charge is -2.27. The average molecular weight is 405 g/mol. The summed E-state index contributed by atoms with van der Waals surface area (Å²) in [4.78, 5) is 15.7.